The standard InChI is InChI=1S/C19H17F3N4/c20-19(21,22)16-7-3-14(4-8-16)10-25-18(23)15-5-1-13(2-6-15)9-17-11-24-12-26-17/h1-8,11-12H,9-10H2,(H2,23,25)(H,24,26). The lowest BCUT2D eigenvalue weighted by Crippen LogP contribution is -2.13. The van der Waals surface area contributed by atoms with Crippen molar-refractivity contribution in [3.05, 3.63) is 89.0 Å². The number of nitrogens with zero attached hydrogens (tertiary/aromatic N) is 2. The number of H-pyrrole nitrogens is 1. The van der Waals surface area contributed by atoms with Crippen LogP contribution in [0.2, 0.25) is 0 Å². The first-order valence-electron chi connectivity index (χ1n) is 7.95. The molecule has 7 heteroatoms. The average Bonchev–Trinajstić information content (AvgIpc) is 3.13. The molecular formula is C19H17F3N4. The molecule has 0 bridgehead atoms. The first-order chi connectivity index (χ1) is 12.4. The van der Waals surface area contributed by atoms with Gasteiger partial charge in [0.15, 0.2) is 0 Å². The number of benzene rings is 2. The highest BCUT2D eigenvalue weighted by atomic mass is 19.4. The van der Waals surface area contributed by atoms with Crippen molar-refractivity contribution >= 4 is 5.84 Å². The molecule has 3 aromatic rings. The van der Waals surface area contributed by atoms with Gasteiger partial charge in [-0.15, -0.1) is 0 Å². The summed E-state index contributed by atoms with van der Waals surface area (Å²) in [7, 11) is 0. The van der Waals surface area contributed by atoms with E-state index in [0.717, 1.165) is 29.0 Å². The van der Waals surface area contributed by atoms with E-state index < -0.39 is 11.7 Å². The van der Waals surface area contributed by atoms with Gasteiger partial charge < -0.3 is 10.7 Å². The molecule has 0 unspecified atom stereocenters. The number of aromatic nitrogens is 2. The van der Waals surface area contributed by atoms with Gasteiger partial charge in [-0.3, -0.25) is 4.99 Å². The van der Waals surface area contributed by atoms with Crippen molar-refractivity contribution in [3.8, 4) is 0 Å². The Balaban J connectivity index is 1.64. The third-order valence-electron chi connectivity index (χ3n) is 3.90. The molecule has 1 heterocycles. The normalized spacial score (nSPS) is 12.3. The van der Waals surface area contributed by atoms with Gasteiger partial charge in [-0.1, -0.05) is 36.4 Å². The summed E-state index contributed by atoms with van der Waals surface area (Å²) in [5.41, 5.74) is 8.77. The van der Waals surface area contributed by atoms with Gasteiger partial charge in [0, 0.05) is 18.2 Å². The van der Waals surface area contributed by atoms with Crippen molar-refractivity contribution in [1.82, 2.24) is 9.97 Å². The van der Waals surface area contributed by atoms with Crippen LogP contribution in [0, 0.1) is 0 Å². The molecule has 1 aromatic heterocycles. The van der Waals surface area contributed by atoms with E-state index in [1.807, 2.05) is 30.5 Å². The third-order valence-corrected chi connectivity index (χ3v) is 3.90. The molecule has 0 atom stereocenters. The highest BCUT2D eigenvalue weighted by Crippen LogP contribution is 2.29. The Kier molecular flexibility index (Phi) is 5.06. The van der Waals surface area contributed by atoms with Crippen molar-refractivity contribution in [2.75, 3.05) is 0 Å². The Labute approximate surface area is 148 Å². The predicted octanol–water partition coefficient (Wildman–Crippen LogP) is 3.92. The number of aromatic amines is 1. The number of alkyl halides is 3. The van der Waals surface area contributed by atoms with Crippen LogP contribution in [0.15, 0.2) is 66.0 Å². The Morgan fingerprint density at radius 3 is 2.23 bits per heavy atom. The van der Waals surface area contributed by atoms with Crippen molar-refractivity contribution < 1.29 is 13.2 Å². The fraction of sp³-hybridized carbons (Fsp3) is 0.158. The second-order valence-electron chi connectivity index (χ2n) is 5.83. The van der Waals surface area contributed by atoms with Crippen LogP contribution < -0.4 is 5.73 Å². The van der Waals surface area contributed by atoms with Gasteiger partial charge in [0.2, 0.25) is 0 Å². The van der Waals surface area contributed by atoms with E-state index in [1.54, 1.807) is 6.33 Å². The molecule has 2 aromatic carbocycles. The number of nitrogens with two attached hydrogens (primary N) is 1. The zero-order chi connectivity index (χ0) is 18.6. The number of hydrogen-bond acceptors (Lipinski definition) is 2. The third kappa shape index (κ3) is 4.50. The highest BCUT2D eigenvalue weighted by molar-refractivity contribution is 5.97. The Morgan fingerprint density at radius 2 is 1.65 bits per heavy atom. The quantitative estimate of drug-likeness (QED) is 0.536. The molecule has 3 N–H and O–H groups in total. The predicted molar refractivity (Wildman–Crippen MR) is 93.7 cm³/mol. The van der Waals surface area contributed by atoms with Crippen LogP contribution in [0.1, 0.15) is 27.9 Å². The van der Waals surface area contributed by atoms with E-state index in [2.05, 4.69) is 15.0 Å². The number of aliphatic imine (C=N–C) groups is 1. The van der Waals surface area contributed by atoms with Gasteiger partial charge in [-0.2, -0.15) is 13.2 Å². The molecule has 0 saturated heterocycles. The number of imidazole rings is 1. The van der Waals surface area contributed by atoms with Crippen molar-refractivity contribution in [3.63, 3.8) is 0 Å². The van der Waals surface area contributed by atoms with Crippen LogP contribution in [0.25, 0.3) is 0 Å². The van der Waals surface area contributed by atoms with E-state index in [4.69, 9.17) is 5.73 Å². The van der Waals surface area contributed by atoms with Crippen LogP contribution >= 0.6 is 0 Å². The summed E-state index contributed by atoms with van der Waals surface area (Å²) in [5, 5.41) is 0. The lowest BCUT2D eigenvalue weighted by Gasteiger charge is -2.07. The van der Waals surface area contributed by atoms with Gasteiger partial charge in [-0.05, 0) is 23.3 Å². The van der Waals surface area contributed by atoms with Gasteiger partial charge in [-0.25, -0.2) is 4.98 Å². The monoisotopic (exact) mass is 358 g/mol. The van der Waals surface area contributed by atoms with Crippen LogP contribution in [0.3, 0.4) is 0 Å². The maximum Gasteiger partial charge on any atom is 0.416 e. The fourth-order valence-electron chi connectivity index (χ4n) is 2.46. The second-order valence-corrected chi connectivity index (χ2v) is 5.83. The Bertz CT molecular complexity index is 865. The lowest BCUT2D eigenvalue weighted by molar-refractivity contribution is -0.137. The minimum absolute atomic E-state index is 0.221. The van der Waals surface area contributed by atoms with Gasteiger partial charge in [0.1, 0.15) is 5.84 Å². The van der Waals surface area contributed by atoms with Crippen LogP contribution in [-0.2, 0) is 19.1 Å². The smallest absolute Gasteiger partial charge is 0.383 e. The summed E-state index contributed by atoms with van der Waals surface area (Å²) in [6, 6.07) is 12.5. The van der Waals surface area contributed by atoms with E-state index in [1.165, 1.54) is 12.1 Å². The number of nitrogens with one attached hydrogen (secondary N) is 1. The summed E-state index contributed by atoms with van der Waals surface area (Å²) in [6.07, 6.45) is -0.145. The molecule has 3 rings (SSSR count). The topological polar surface area (TPSA) is 67.1 Å². The molecule has 26 heavy (non-hydrogen) atoms. The molecule has 0 spiro atoms. The summed E-state index contributed by atoms with van der Waals surface area (Å²) in [4.78, 5) is 11.3. The van der Waals surface area contributed by atoms with Crippen molar-refractivity contribution in [2.45, 2.75) is 19.1 Å². The van der Waals surface area contributed by atoms with E-state index in [9.17, 15) is 13.2 Å². The first kappa shape index (κ1) is 17.7. The summed E-state index contributed by atoms with van der Waals surface area (Å²) < 4.78 is 37.7. The van der Waals surface area contributed by atoms with Gasteiger partial charge in [0.05, 0.1) is 24.1 Å². The first-order valence-corrected chi connectivity index (χ1v) is 7.95. The average molecular weight is 358 g/mol. The molecule has 0 aliphatic carbocycles. The second kappa shape index (κ2) is 7.43. The van der Waals surface area contributed by atoms with E-state index >= 15 is 0 Å². The number of hydrogen-bond donors (Lipinski definition) is 2. The number of amidine groups is 1. The molecule has 0 fully saturated rings. The maximum absolute atomic E-state index is 12.6. The molecule has 4 nitrogen and oxygen atoms in total. The van der Waals surface area contributed by atoms with Crippen LogP contribution in [0.4, 0.5) is 13.2 Å². The number of halogens is 3. The largest absolute Gasteiger partial charge is 0.416 e. The van der Waals surface area contributed by atoms with Crippen molar-refractivity contribution in [1.29, 1.82) is 0 Å². The summed E-state index contributed by atoms with van der Waals surface area (Å²) in [5.74, 6) is 0.344. The zero-order valence-electron chi connectivity index (χ0n) is 13.8. The summed E-state index contributed by atoms with van der Waals surface area (Å²) >= 11 is 0. The van der Waals surface area contributed by atoms with Gasteiger partial charge in [0.25, 0.3) is 0 Å². The lowest BCUT2D eigenvalue weighted by atomic mass is 10.1. The minimum atomic E-state index is -4.33. The molecular weight excluding hydrogens is 341 g/mol. The molecule has 0 aliphatic heterocycles. The Hall–Kier alpha value is -3.09. The highest BCUT2D eigenvalue weighted by Gasteiger charge is 2.29. The molecule has 0 radical (unpaired) electrons. The Morgan fingerprint density at radius 1 is 1.00 bits per heavy atom. The molecule has 0 aliphatic rings. The fourth-order valence-corrected chi connectivity index (χ4v) is 2.46. The van der Waals surface area contributed by atoms with Crippen LogP contribution in [0.5, 0.6) is 0 Å². The van der Waals surface area contributed by atoms with Gasteiger partial charge >= 0.3 is 6.18 Å². The molecule has 0 amide bonds. The number of rotatable bonds is 5. The summed E-state index contributed by atoms with van der Waals surface area (Å²) in [6.45, 7) is 0.221. The molecule has 134 valence electrons. The molecule has 0 saturated carbocycles. The minimum Gasteiger partial charge on any atom is -0.383 e. The van der Waals surface area contributed by atoms with Crippen molar-refractivity contribution in [2.24, 2.45) is 10.7 Å². The van der Waals surface area contributed by atoms with E-state index in [-0.39, 0.29) is 6.54 Å². The SMILES string of the molecule is NC(=NCc1ccc(C(F)(F)F)cc1)c1ccc(Cc2c[nH]cn2)cc1. The zero-order valence-corrected chi connectivity index (χ0v) is 13.8. The maximum atomic E-state index is 12.6. The van der Waals surface area contributed by atoms with Crippen LogP contribution in [-0.4, -0.2) is 15.8 Å². The van der Waals surface area contributed by atoms with E-state index in [0.29, 0.717) is 17.8 Å².